The standard InChI is InChI=1S/C18H21N5O2/c1-12(2)16-10-14(21-24-16)11-23-9-3-4-15(23)18-20-17(22-25-18)13-5-7-19-8-6-13/h5-8,10,12,15H,3-4,9,11H2,1-2H3. The van der Waals surface area contributed by atoms with Gasteiger partial charge in [0.2, 0.25) is 11.7 Å². The third kappa shape index (κ3) is 3.32. The Morgan fingerprint density at radius 2 is 2.04 bits per heavy atom. The van der Waals surface area contributed by atoms with E-state index in [1.165, 1.54) is 0 Å². The molecular weight excluding hydrogens is 318 g/mol. The molecule has 0 amide bonds. The monoisotopic (exact) mass is 339 g/mol. The lowest BCUT2D eigenvalue weighted by Gasteiger charge is -2.19. The highest BCUT2D eigenvalue weighted by atomic mass is 16.5. The van der Waals surface area contributed by atoms with Gasteiger partial charge in [-0.15, -0.1) is 0 Å². The van der Waals surface area contributed by atoms with Crippen LogP contribution < -0.4 is 0 Å². The van der Waals surface area contributed by atoms with Crippen molar-refractivity contribution in [2.24, 2.45) is 0 Å². The molecule has 7 heteroatoms. The molecule has 1 fully saturated rings. The highest BCUT2D eigenvalue weighted by Gasteiger charge is 2.31. The quantitative estimate of drug-likeness (QED) is 0.702. The van der Waals surface area contributed by atoms with Crippen LogP contribution in [0.2, 0.25) is 0 Å². The number of rotatable bonds is 5. The van der Waals surface area contributed by atoms with Gasteiger partial charge in [0.25, 0.3) is 0 Å². The van der Waals surface area contributed by atoms with Gasteiger partial charge in [-0.1, -0.05) is 24.2 Å². The van der Waals surface area contributed by atoms with Crippen LogP contribution >= 0.6 is 0 Å². The van der Waals surface area contributed by atoms with Crippen molar-refractivity contribution in [1.82, 2.24) is 25.2 Å². The van der Waals surface area contributed by atoms with Crippen LogP contribution in [0.5, 0.6) is 0 Å². The molecule has 0 saturated carbocycles. The summed E-state index contributed by atoms with van der Waals surface area (Å²) >= 11 is 0. The lowest BCUT2D eigenvalue weighted by atomic mass is 10.1. The molecule has 4 rings (SSSR count). The van der Waals surface area contributed by atoms with Gasteiger partial charge >= 0.3 is 0 Å². The molecule has 0 spiro atoms. The molecule has 130 valence electrons. The predicted molar refractivity (Wildman–Crippen MR) is 90.5 cm³/mol. The Balaban J connectivity index is 1.50. The second kappa shape index (κ2) is 6.76. The first kappa shape index (κ1) is 16.0. The molecule has 1 aliphatic heterocycles. The summed E-state index contributed by atoms with van der Waals surface area (Å²) in [7, 11) is 0. The topological polar surface area (TPSA) is 81.1 Å². The third-order valence-corrected chi connectivity index (χ3v) is 4.54. The zero-order valence-corrected chi connectivity index (χ0v) is 14.4. The summed E-state index contributed by atoms with van der Waals surface area (Å²) in [6.45, 7) is 5.92. The molecule has 25 heavy (non-hydrogen) atoms. The van der Waals surface area contributed by atoms with Crippen molar-refractivity contribution in [3.05, 3.63) is 47.9 Å². The Morgan fingerprint density at radius 3 is 2.80 bits per heavy atom. The Hall–Kier alpha value is -2.54. The lowest BCUT2D eigenvalue weighted by molar-refractivity contribution is 0.196. The van der Waals surface area contributed by atoms with E-state index in [4.69, 9.17) is 9.05 Å². The smallest absolute Gasteiger partial charge is 0.244 e. The minimum absolute atomic E-state index is 0.127. The van der Waals surface area contributed by atoms with Gasteiger partial charge in [-0.2, -0.15) is 4.98 Å². The Kier molecular flexibility index (Phi) is 4.31. The molecule has 4 heterocycles. The summed E-state index contributed by atoms with van der Waals surface area (Å²) in [5.74, 6) is 2.53. The second-order valence-electron chi connectivity index (χ2n) is 6.70. The number of hydrogen-bond acceptors (Lipinski definition) is 7. The van der Waals surface area contributed by atoms with Crippen LogP contribution in [0.4, 0.5) is 0 Å². The Labute approximate surface area is 146 Å². The molecule has 0 N–H and O–H groups in total. The maximum Gasteiger partial charge on any atom is 0.244 e. The van der Waals surface area contributed by atoms with E-state index in [9.17, 15) is 0 Å². The van der Waals surface area contributed by atoms with E-state index in [0.29, 0.717) is 17.6 Å². The molecule has 7 nitrogen and oxygen atoms in total. The van der Waals surface area contributed by atoms with Crippen molar-refractivity contribution in [1.29, 1.82) is 0 Å². The molecule has 1 saturated heterocycles. The van der Waals surface area contributed by atoms with Gasteiger partial charge in [0.1, 0.15) is 5.76 Å². The van der Waals surface area contributed by atoms with Crippen molar-refractivity contribution in [3.8, 4) is 11.4 Å². The normalized spacial score (nSPS) is 18.3. The molecule has 1 unspecified atom stereocenters. The maximum atomic E-state index is 5.55. The zero-order chi connectivity index (χ0) is 17.2. The minimum atomic E-state index is 0.127. The van der Waals surface area contributed by atoms with Crippen LogP contribution in [0.15, 0.2) is 39.6 Å². The van der Waals surface area contributed by atoms with E-state index >= 15 is 0 Å². The van der Waals surface area contributed by atoms with Gasteiger partial charge < -0.3 is 9.05 Å². The molecule has 1 aliphatic rings. The first-order valence-corrected chi connectivity index (χ1v) is 8.64. The van der Waals surface area contributed by atoms with Gasteiger partial charge in [0.05, 0.1) is 11.7 Å². The summed E-state index contributed by atoms with van der Waals surface area (Å²) in [4.78, 5) is 10.9. The van der Waals surface area contributed by atoms with E-state index in [0.717, 1.165) is 42.9 Å². The van der Waals surface area contributed by atoms with Gasteiger partial charge in [-0.25, -0.2) is 0 Å². The molecule has 3 aromatic heterocycles. The van der Waals surface area contributed by atoms with Crippen molar-refractivity contribution in [2.45, 2.75) is 45.2 Å². The van der Waals surface area contributed by atoms with Gasteiger partial charge in [0.15, 0.2) is 0 Å². The van der Waals surface area contributed by atoms with E-state index in [-0.39, 0.29) is 6.04 Å². The molecule has 0 aliphatic carbocycles. The summed E-state index contributed by atoms with van der Waals surface area (Å²) in [5, 5.41) is 8.32. The molecular formula is C18H21N5O2. The second-order valence-corrected chi connectivity index (χ2v) is 6.70. The zero-order valence-electron chi connectivity index (χ0n) is 14.4. The van der Waals surface area contributed by atoms with E-state index in [2.05, 4.69) is 39.0 Å². The van der Waals surface area contributed by atoms with E-state index in [1.807, 2.05) is 18.2 Å². The predicted octanol–water partition coefficient (Wildman–Crippen LogP) is 3.58. The first-order chi connectivity index (χ1) is 12.2. The fraction of sp³-hybridized carbons (Fsp3) is 0.444. The van der Waals surface area contributed by atoms with Crippen LogP contribution in [-0.2, 0) is 6.54 Å². The molecule has 3 aromatic rings. The molecule has 1 atom stereocenters. The van der Waals surface area contributed by atoms with Crippen molar-refractivity contribution in [3.63, 3.8) is 0 Å². The maximum absolute atomic E-state index is 5.55. The van der Waals surface area contributed by atoms with Gasteiger partial charge in [-0.3, -0.25) is 9.88 Å². The number of nitrogens with zero attached hydrogens (tertiary/aromatic N) is 5. The van der Waals surface area contributed by atoms with E-state index < -0.39 is 0 Å². The Bertz CT molecular complexity index is 827. The van der Waals surface area contributed by atoms with Crippen LogP contribution in [-0.4, -0.2) is 31.7 Å². The molecule has 0 radical (unpaired) electrons. The third-order valence-electron chi connectivity index (χ3n) is 4.54. The van der Waals surface area contributed by atoms with E-state index in [1.54, 1.807) is 12.4 Å². The minimum Gasteiger partial charge on any atom is -0.361 e. The first-order valence-electron chi connectivity index (χ1n) is 8.64. The SMILES string of the molecule is CC(C)c1cc(CN2CCCC2c2nc(-c3ccncc3)no2)no1. The number of aromatic nitrogens is 4. The van der Waals surface area contributed by atoms with Crippen LogP contribution in [0.1, 0.15) is 56.0 Å². The fourth-order valence-corrected chi connectivity index (χ4v) is 3.17. The number of likely N-dealkylation sites (tertiary alicyclic amines) is 1. The molecule has 0 bridgehead atoms. The van der Waals surface area contributed by atoms with Crippen molar-refractivity contribution >= 4 is 0 Å². The van der Waals surface area contributed by atoms with Gasteiger partial charge in [-0.05, 0) is 31.5 Å². The van der Waals surface area contributed by atoms with Crippen LogP contribution in [0.25, 0.3) is 11.4 Å². The lowest BCUT2D eigenvalue weighted by Crippen LogP contribution is -2.23. The number of pyridine rings is 1. The summed E-state index contributed by atoms with van der Waals surface area (Å²) in [5.41, 5.74) is 1.86. The Morgan fingerprint density at radius 1 is 1.20 bits per heavy atom. The summed E-state index contributed by atoms with van der Waals surface area (Å²) in [6, 6.07) is 5.92. The fourth-order valence-electron chi connectivity index (χ4n) is 3.17. The van der Waals surface area contributed by atoms with Crippen LogP contribution in [0.3, 0.4) is 0 Å². The van der Waals surface area contributed by atoms with Crippen molar-refractivity contribution in [2.75, 3.05) is 6.54 Å². The van der Waals surface area contributed by atoms with Gasteiger partial charge in [0, 0.05) is 36.5 Å². The molecule has 0 aromatic carbocycles. The largest absolute Gasteiger partial charge is 0.361 e. The number of hydrogen-bond donors (Lipinski definition) is 0. The highest BCUT2D eigenvalue weighted by Crippen LogP contribution is 2.33. The summed E-state index contributed by atoms with van der Waals surface area (Å²) < 4.78 is 11.0. The summed E-state index contributed by atoms with van der Waals surface area (Å²) in [6.07, 6.45) is 5.56. The van der Waals surface area contributed by atoms with Crippen molar-refractivity contribution < 1.29 is 9.05 Å². The average molecular weight is 339 g/mol. The average Bonchev–Trinajstić information content (AvgIpc) is 3.36. The van der Waals surface area contributed by atoms with Crippen LogP contribution in [0, 0.1) is 0 Å². The highest BCUT2D eigenvalue weighted by molar-refractivity contribution is 5.52.